The van der Waals surface area contributed by atoms with Gasteiger partial charge in [-0.1, -0.05) is 6.92 Å². The first-order chi connectivity index (χ1) is 5.62. The first-order valence-electron chi connectivity index (χ1n) is 3.32. The molecule has 0 saturated heterocycles. The van der Waals surface area contributed by atoms with Crippen LogP contribution >= 0.6 is 0 Å². The Morgan fingerprint density at radius 3 is 1.08 bits per heavy atom. The average molecular weight is 214 g/mol. The van der Waals surface area contributed by atoms with Crippen molar-refractivity contribution in [2.24, 2.45) is 0 Å². The highest BCUT2D eigenvalue weighted by Gasteiger charge is 2.43. The second kappa shape index (κ2) is 6.04. The van der Waals surface area contributed by atoms with Gasteiger partial charge >= 0.3 is 12.4 Å². The smallest absolute Gasteiger partial charge is 0.251 e. The summed E-state index contributed by atoms with van der Waals surface area (Å²) >= 11 is 0. The van der Waals surface area contributed by atoms with Gasteiger partial charge < -0.3 is 0 Å². The van der Waals surface area contributed by atoms with Crippen LogP contribution in [0.25, 0.3) is 0 Å². The molecule has 0 bridgehead atoms. The minimum absolute atomic E-state index is 0.181. The molecule has 0 spiro atoms. The molecule has 0 rings (SSSR count). The maximum Gasteiger partial charge on any atom is 0.397 e. The fourth-order valence-electron chi connectivity index (χ4n) is 0.227. The van der Waals surface area contributed by atoms with Gasteiger partial charge in [-0.2, -0.15) is 26.3 Å². The van der Waals surface area contributed by atoms with Crippen molar-refractivity contribution in [2.45, 2.75) is 32.1 Å². The molecule has 0 nitrogen and oxygen atoms in total. The minimum atomic E-state index is -5.14. The summed E-state index contributed by atoms with van der Waals surface area (Å²) in [5.74, 6) is 0. The van der Waals surface area contributed by atoms with Crippen LogP contribution in [0.1, 0.15) is 19.8 Å². The summed E-state index contributed by atoms with van der Waals surface area (Å²) in [7, 11) is 0. The van der Waals surface area contributed by atoms with E-state index in [1.807, 2.05) is 0 Å². The number of alkyl halides is 7. The molecule has 13 heavy (non-hydrogen) atoms. The van der Waals surface area contributed by atoms with Gasteiger partial charge in [0.15, 0.2) is 0 Å². The molecule has 0 radical (unpaired) electrons. The van der Waals surface area contributed by atoms with E-state index in [2.05, 4.69) is 0 Å². The molecule has 82 valence electrons. The number of hydrogen-bond donors (Lipinski definition) is 0. The summed E-state index contributed by atoms with van der Waals surface area (Å²) in [6, 6.07) is 0. The molecular weight excluding hydrogens is 205 g/mol. The summed E-state index contributed by atoms with van der Waals surface area (Å²) in [6.07, 6.45) is -12.3. The lowest BCUT2D eigenvalue weighted by Crippen LogP contribution is -2.20. The van der Waals surface area contributed by atoms with E-state index in [-0.39, 0.29) is 6.67 Å². The van der Waals surface area contributed by atoms with Crippen LogP contribution in [-0.4, -0.2) is 19.0 Å². The second-order valence-electron chi connectivity index (χ2n) is 2.10. The highest BCUT2D eigenvalue weighted by Crippen LogP contribution is 2.31. The number of rotatable bonds is 1. The SMILES string of the molecule is CCCF.FC(F)(F)CC(F)(F)F. The first kappa shape index (κ1) is 15.0. The first-order valence-corrected chi connectivity index (χ1v) is 3.32. The zero-order chi connectivity index (χ0) is 11.1. The third-order valence-electron chi connectivity index (χ3n) is 0.590. The third kappa shape index (κ3) is 24.6. The quantitative estimate of drug-likeness (QED) is 0.581. The summed E-state index contributed by atoms with van der Waals surface area (Å²) in [5, 5.41) is 0. The van der Waals surface area contributed by atoms with E-state index in [0.29, 0.717) is 6.42 Å². The molecule has 0 amide bonds. The summed E-state index contributed by atoms with van der Waals surface area (Å²) in [5.41, 5.74) is 0. The molecule has 0 heterocycles. The molecule has 0 aromatic rings. The van der Waals surface area contributed by atoms with Gasteiger partial charge in [-0.15, -0.1) is 0 Å². The van der Waals surface area contributed by atoms with Gasteiger partial charge in [0, 0.05) is 0 Å². The monoisotopic (exact) mass is 214 g/mol. The molecule has 0 aliphatic carbocycles. The Bertz CT molecular complexity index is 97.1. The van der Waals surface area contributed by atoms with Crippen LogP contribution in [0.2, 0.25) is 0 Å². The van der Waals surface area contributed by atoms with Crippen LogP contribution in [0.3, 0.4) is 0 Å². The molecule has 0 unspecified atom stereocenters. The van der Waals surface area contributed by atoms with Gasteiger partial charge in [0.2, 0.25) is 0 Å². The van der Waals surface area contributed by atoms with E-state index in [1.54, 1.807) is 6.92 Å². The van der Waals surface area contributed by atoms with Crippen molar-refractivity contribution in [2.75, 3.05) is 6.67 Å². The van der Waals surface area contributed by atoms with Gasteiger partial charge in [-0.05, 0) is 6.42 Å². The molecule has 0 aliphatic heterocycles. The van der Waals surface area contributed by atoms with Crippen LogP contribution in [0, 0.1) is 0 Å². The fraction of sp³-hybridized carbons (Fsp3) is 1.00. The van der Waals surface area contributed by atoms with Crippen molar-refractivity contribution in [3.63, 3.8) is 0 Å². The van der Waals surface area contributed by atoms with Crippen molar-refractivity contribution in [3.05, 3.63) is 0 Å². The fourth-order valence-corrected chi connectivity index (χ4v) is 0.227. The maximum absolute atomic E-state index is 10.8. The molecule has 7 heteroatoms. The molecule has 0 aromatic heterocycles. The number of hydrogen-bond acceptors (Lipinski definition) is 0. The van der Waals surface area contributed by atoms with E-state index < -0.39 is 18.8 Å². The molecule has 0 saturated carbocycles. The Morgan fingerprint density at radius 2 is 1.08 bits per heavy atom. The topological polar surface area (TPSA) is 0 Å². The predicted octanol–water partition coefficient (Wildman–Crippen LogP) is 3.87. The van der Waals surface area contributed by atoms with Crippen LogP contribution in [0.5, 0.6) is 0 Å². The highest BCUT2D eigenvalue weighted by molar-refractivity contribution is 4.57. The standard InChI is InChI=1S/C3H2F6.C3H7F/c4-2(5,6)1-3(7,8)9;1-2-3-4/h1H2;2-3H2,1H3. The Hall–Kier alpha value is -0.490. The van der Waals surface area contributed by atoms with Crippen LogP contribution in [0.15, 0.2) is 0 Å². The van der Waals surface area contributed by atoms with Crippen LogP contribution in [-0.2, 0) is 0 Å². The van der Waals surface area contributed by atoms with Crippen molar-refractivity contribution in [1.82, 2.24) is 0 Å². The maximum atomic E-state index is 10.8. The zero-order valence-electron chi connectivity index (χ0n) is 6.77. The van der Waals surface area contributed by atoms with Crippen LogP contribution in [0.4, 0.5) is 30.7 Å². The van der Waals surface area contributed by atoms with Gasteiger partial charge in [0.1, 0.15) is 6.42 Å². The molecule has 0 aliphatic rings. The summed E-state index contributed by atoms with van der Waals surface area (Å²) < 4.78 is 75.7. The predicted molar refractivity (Wildman–Crippen MR) is 33.0 cm³/mol. The Labute approximate surface area is 70.7 Å². The molecule has 0 N–H and O–H groups in total. The Morgan fingerprint density at radius 1 is 0.846 bits per heavy atom. The molecular formula is C6H9F7. The molecule has 0 aromatic carbocycles. The van der Waals surface area contributed by atoms with Gasteiger partial charge in [-0.3, -0.25) is 4.39 Å². The normalized spacial score (nSPS) is 12.0. The van der Waals surface area contributed by atoms with Gasteiger partial charge in [0.05, 0.1) is 6.67 Å². The summed E-state index contributed by atoms with van der Waals surface area (Å²) in [4.78, 5) is 0. The summed E-state index contributed by atoms with van der Waals surface area (Å²) in [6.45, 7) is 1.62. The van der Waals surface area contributed by atoms with Gasteiger partial charge in [-0.25, -0.2) is 0 Å². The lowest BCUT2D eigenvalue weighted by atomic mass is 10.4. The minimum Gasteiger partial charge on any atom is -0.251 e. The van der Waals surface area contributed by atoms with Crippen molar-refractivity contribution >= 4 is 0 Å². The van der Waals surface area contributed by atoms with Crippen molar-refractivity contribution in [1.29, 1.82) is 0 Å². The third-order valence-corrected chi connectivity index (χ3v) is 0.590. The lowest BCUT2D eigenvalue weighted by molar-refractivity contribution is -0.232. The molecule has 0 atom stereocenters. The average Bonchev–Trinajstić information content (AvgIpc) is 1.80. The van der Waals surface area contributed by atoms with E-state index in [1.165, 1.54) is 0 Å². The van der Waals surface area contributed by atoms with E-state index in [9.17, 15) is 30.7 Å². The van der Waals surface area contributed by atoms with Gasteiger partial charge in [0.25, 0.3) is 0 Å². The zero-order valence-corrected chi connectivity index (χ0v) is 6.77. The second-order valence-corrected chi connectivity index (χ2v) is 2.10. The van der Waals surface area contributed by atoms with Crippen molar-refractivity contribution in [3.8, 4) is 0 Å². The van der Waals surface area contributed by atoms with Crippen LogP contribution < -0.4 is 0 Å². The van der Waals surface area contributed by atoms with E-state index >= 15 is 0 Å². The Kier molecular flexibility index (Phi) is 6.97. The van der Waals surface area contributed by atoms with E-state index in [0.717, 1.165) is 0 Å². The highest BCUT2D eigenvalue weighted by atomic mass is 19.4. The lowest BCUT2D eigenvalue weighted by Gasteiger charge is -2.08. The molecule has 0 fully saturated rings. The van der Waals surface area contributed by atoms with E-state index in [4.69, 9.17) is 0 Å². The Balaban J connectivity index is 0. The number of halogens is 7. The largest absolute Gasteiger partial charge is 0.397 e. The van der Waals surface area contributed by atoms with Crippen molar-refractivity contribution < 1.29 is 30.7 Å².